The zero-order chi connectivity index (χ0) is 24.6. The Balaban J connectivity index is 0.000000161. The number of fused-ring (bicyclic) bond motifs is 1. The molecule has 8 nitrogen and oxygen atoms in total. The molecule has 0 bridgehead atoms. The van der Waals surface area contributed by atoms with Crippen LogP contribution in [0.25, 0.3) is 0 Å². The molecule has 4 saturated carbocycles. The number of carbonyl (C=O) groups excluding carboxylic acids is 1. The van der Waals surface area contributed by atoms with Gasteiger partial charge in [-0.3, -0.25) is 9.79 Å². The summed E-state index contributed by atoms with van der Waals surface area (Å²) in [7, 11) is 1.67. The van der Waals surface area contributed by atoms with Crippen molar-refractivity contribution in [1.29, 1.82) is 0 Å². The normalized spacial score (nSPS) is 35.5. The van der Waals surface area contributed by atoms with Gasteiger partial charge in [-0.25, -0.2) is 0 Å². The van der Waals surface area contributed by atoms with E-state index in [1.807, 2.05) is 19.1 Å². The highest BCUT2D eigenvalue weighted by Gasteiger charge is 2.83. The molecule has 4 fully saturated rings. The molecule has 8 heteroatoms. The molecule has 5 atom stereocenters. The van der Waals surface area contributed by atoms with Crippen LogP contribution < -0.4 is 10.1 Å². The van der Waals surface area contributed by atoms with Crippen molar-refractivity contribution in [3.05, 3.63) is 47.4 Å². The fraction of sp³-hybridized carbons (Fsp3) is 0.556. The molecule has 186 valence electrons. The highest BCUT2D eigenvalue weighted by molar-refractivity contribution is 6.22. The van der Waals surface area contributed by atoms with Gasteiger partial charge in [0.25, 0.3) is 0 Å². The molecule has 1 spiro atoms. The van der Waals surface area contributed by atoms with Crippen molar-refractivity contribution in [1.82, 2.24) is 5.32 Å². The van der Waals surface area contributed by atoms with E-state index >= 15 is 0 Å². The quantitative estimate of drug-likeness (QED) is 0.533. The monoisotopic (exact) mass is 480 g/mol. The molecule has 3 unspecified atom stereocenters. The third-order valence-electron chi connectivity index (χ3n) is 8.55. The van der Waals surface area contributed by atoms with E-state index < -0.39 is 16.6 Å². The molecule has 1 aromatic heterocycles. The summed E-state index contributed by atoms with van der Waals surface area (Å²) in [6.07, 6.45) is 8.10. The maximum absolute atomic E-state index is 11.3. The maximum atomic E-state index is 11.3. The maximum Gasteiger partial charge on any atom is 0.223 e. The highest BCUT2D eigenvalue weighted by atomic mass is 16.5. The number of furan rings is 1. The molecule has 5 aliphatic rings. The first-order chi connectivity index (χ1) is 16.7. The first-order valence-corrected chi connectivity index (χ1v) is 12.5. The fourth-order valence-electron chi connectivity index (χ4n) is 6.31. The van der Waals surface area contributed by atoms with Crippen LogP contribution in [0.3, 0.4) is 0 Å². The van der Waals surface area contributed by atoms with Crippen molar-refractivity contribution in [3.8, 4) is 11.5 Å². The lowest BCUT2D eigenvalue weighted by Gasteiger charge is -2.27. The second kappa shape index (κ2) is 7.58. The molecule has 1 amide bonds. The van der Waals surface area contributed by atoms with Crippen molar-refractivity contribution in [2.45, 2.75) is 74.1 Å². The lowest BCUT2D eigenvalue weighted by Crippen LogP contribution is -2.38. The number of amides is 1. The minimum absolute atomic E-state index is 0.129. The van der Waals surface area contributed by atoms with E-state index in [1.54, 1.807) is 25.6 Å². The number of nitrogens with zero attached hydrogens (tertiary/aromatic N) is 1. The van der Waals surface area contributed by atoms with Gasteiger partial charge in [-0.1, -0.05) is 6.07 Å². The smallest absolute Gasteiger partial charge is 0.223 e. The molecular formula is C27H32N2O6. The number of rotatable bonds is 4. The minimum Gasteiger partial charge on any atom is -0.504 e. The lowest BCUT2D eigenvalue weighted by atomic mass is 9.78. The van der Waals surface area contributed by atoms with E-state index in [4.69, 9.17) is 9.15 Å². The van der Waals surface area contributed by atoms with Gasteiger partial charge in [0, 0.05) is 18.5 Å². The van der Waals surface area contributed by atoms with Crippen LogP contribution >= 0.6 is 0 Å². The van der Waals surface area contributed by atoms with Gasteiger partial charge in [0.2, 0.25) is 5.91 Å². The summed E-state index contributed by atoms with van der Waals surface area (Å²) in [4.78, 5) is 15.8. The predicted octanol–water partition coefficient (Wildman–Crippen LogP) is 2.72. The first-order valence-electron chi connectivity index (χ1n) is 12.5. The van der Waals surface area contributed by atoms with E-state index in [0.717, 1.165) is 54.5 Å². The van der Waals surface area contributed by atoms with Crippen LogP contribution in [0.1, 0.15) is 61.1 Å². The molecule has 4 N–H and O–H groups in total. The van der Waals surface area contributed by atoms with Crippen LogP contribution in [0, 0.1) is 12.8 Å². The number of aryl methyl sites for hydroxylation is 1. The third kappa shape index (κ3) is 3.26. The number of hydrogen-bond acceptors (Lipinski definition) is 7. The molecule has 1 aliphatic heterocycles. The number of nitrogens with one attached hydrogen (secondary N) is 1. The number of phenols is 1. The van der Waals surface area contributed by atoms with Crippen LogP contribution in [0.15, 0.2) is 40.1 Å². The Morgan fingerprint density at radius 2 is 2.03 bits per heavy atom. The molecule has 0 saturated heterocycles. The lowest BCUT2D eigenvalue weighted by molar-refractivity contribution is -0.121. The number of hydrogen-bond donors (Lipinski definition) is 4. The first kappa shape index (κ1) is 22.6. The summed E-state index contributed by atoms with van der Waals surface area (Å²) in [6.45, 7) is 2.34. The SMILES string of the molecule is CNC(=O)C1CC1c1ccoc1.Cc1ccc(O)c2c1[C@]13C(=NCC4(O)CC4)C1(O)CCC[C@@H]3O2. The molecule has 2 heterocycles. The average molecular weight is 481 g/mol. The van der Waals surface area contributed by atoms with Gasteiger partial charge in [0.1, 0.15) is 17.1 Å². The Hall–Kier alpha value is -2.84. The zero-order valence-electron chi connectivity index (χ0n) is 20.1. The Morgan fingerprint density at radius 3 is 2.71 bits per heavy atom. The zero-order valence-corrected chi connectivity index (χ0v) is 20.1. The summed E-state index contributed by atoms with van der Waals surface area (Å²) < 4.78 is 11.0. The summed E-state index contributed by atoms with van der Waals surface area (Å²) in [5, 5.41) is 34.2. The van der Waals surface area contributed by atoms with Gasteiger partial charge in [0.15, 0.2) is 11.5 Å². The number of aliphatic imine (C=N–C) groups is 1. The number of benzene rings is 1. The van der Waals surface area contributed by atoms with E-state index in [2.05, 4.69) is 10.3 Å². The predicted molar refractivity (Wildman–Crippen MR) is 128 cm³/mol. The topological polar surface area (TPSA) is 125 Å². The molecular weight excluding hydrogens is 448 g/mol. The standard InChI is InChI=1S/C18H21NO4.C9H11NO2/c1-10-4-5-11(20)14-13(10)18-12(23-14)3-2-6-17(18,22)15(18)19-9-16(21)7-8-16;1-10-9(11)8-4-7(8)6-2-3-12-5-6/h4-5,12,20-22H,2-3,6-9H2,1H3;2-3,5,7-8H,4H2,1H3,(H,10,11)/t12-,17?,18+;/m0./s1. The van der Waals surface area contributed by atoms with Crippen molar-refractivity contribution >= 4 is 11.6 Å². The number of carbonyl (C=O) groups is 1. The van der Waals surface area contributed by atoms with E-state index in [1.165, 1.54) is 0 Å². The Bertz CT molecular complexity index is 1200. The number of phenolic OH excluding ortho intramolecular Hbond substituents is 1. The molecule has 1 aromatic carbocycles. The van der Waals surface area contributed by atoms with Crippen LogP contribution in [-0.4, -0.2) is 57.8 Å². The van der Waals surface area contributed by atoms with Crippen LogP contribution in [0.4, 0.5) is 0 Å². The average Bonchev–Trinajstić information content (AvgIpc) is 3.77. The van der Waals surface area contributed by atoms with Crippen molar-refractivity contribution in [2.75, 3.05) is 13.6 Å². The second-order valence-corrected chi connectivity index (χ2v) is 10.8. The van der Waals surface area contributed by atoms with E-state index in [0.29, 0.717) is 24.6 Å². The molecule has 4 aliphatic carbocycles. The molecule has 7 rings (SSSR count). The van der Waals surface area contributed by atoms with E-state index in [9.17, 15) is 20.1 Å². The molecule has 2 aromatic rings. The highest BCUT2D eigenvalue weighted by Crippen LogP contribution is 2.69. The van der Waals surface area contributed by atoms with Crippen LogP contribution in [0.5, 0.6) is 11.5 Å². The number of ether oxygens (including phenoxy) is 1. The Labute approximate surface area is 204 Å². The van der Waals surface area contributed by atoms with Crippen molar-refractivity contribution in [3.63, 3.8) is 0 Å². The van der Waals surface area contributed by atoms with Gasteiger partial charge in [-0.15, -0.1) is 0 Å². The van der Waals surface area contributed by atoms with E-state index in [-0.39, 0.29) is 23.7 Å². The van der Waals surface area contributed by atoms with Crippen LogP contribution in [-0.2, 0) is 10.2 Å². The summed E-state index contributed by atoms with van der Waals surface area (Å²) in [5.74, 6) is 1.34. The minimum atomic E-state index is -0.981. The van der Waals surface area contributed by atoms with Gasteiger partial charge < -0.3 is 29.8 Å². The van der Waals surface area contributed by atoms with Crippen molar-refractivity contribution < 1.29 is 29.3 Å². The van der Waals surface area contributed by atoms with Gasteiger partial charge >= 0.3 is 0 Å². The molecule has 0 radical (unpaired) electrons. The Kier molecular flexibility index (Phi) is 4.90. The summed E-state index contributed by atoms with van der Waals surface area (Å²) >= 11 is 0. The van der Waals surface area contributed by atoms with Crippen LogP contribution in [0.2, 0.25) is 0 Å². The molecule has 35 heavy (non-hydrogen) atoms. The van der Waals surface area contributed by atoms with Gasteiger partial charge in [0.05, 0.1) is 30.4 Å². The summed E-state index contributed by atoms with van der Waals surface area (Å²) in [5.41, 5.74) is 1.53. The number of aliphatic hydroxyl groups is 2. The summed E-state index contributed by atoms with van der Waals surface area (Å²) in [6, 6.07) is 5.44. The van der Waals surface area contributed by atoms with Crippen molar-refractivity contribution in [2.24, 2.45) is 10.9 Å². The third-order valence-corrected chi connectivity index (χ3v) is 8.55. The second-order valence-electron chi connectivity index (χ2n) is 10.8. The largest absolute Gasteiger partial charge is 0.504 e. The number of aromatic hydroxyl groups is 1. The van der Waals surface area contributed by atoms with Gasteiger partial charge in [-0.2, -0.15) is 0 Å². The van der Waals surface area contributed by atoms with Gasteiger partial charge in [-0.05, 0) is 74.6 Å². The fourth-order valence-corrected chi connectivity index (χ4v) is 6.31. The Morgan fingerprint density at radius 1 is 1.23 bits per heavy atom.